The number of fused-ring (bicyclic) bond motifs is 2. The van der Waals surface area contributed by atoms with E-state index in [2.05, 4.69) is 47.4 Å². The van der Waals surface area contributed by atoms with Crippen LogP contribution in [0.15, 0.2) is 79.5 Å². The number of ether oxygens (including phenoxy) is 1. The fourth-order valence-electron chi connectivity index (χ4n) is 4.35. The van der Waals surface area contributed by atoms with Crippen molar-refractivity contribution < 1.29 is 4.74 Å². The van der Waals surface area contributed by atoms with Crippen molar-refractivity contribution in [1.29, 1.82) is 0 Å². The van der Waals surface area contributed by atoms with Gasteiger partial charge in [-0.1, -0.05) is 30.3 Å². The second kappa shape index (κ2) is 9.59. The monoisotopic (exact) mass is 491 g/mol. The zero-order valence-corrected chi connectivity index (χ0v) is 19.8. The molecular weight excluding hydrogens is 466 g/mol. The normalized spacial score (nSPS) is 12.1. The Bertz CT molecular complexity index is 1690. The minimum Gasteiger partial charge on any atom is -0.490 e. The van der Waals surface area contributed by atoms with Crippen molar-refractivity contribution in [3.05, 3.63) is 85.1 Å². The summed E-state index contributed by atoms with van der Waals surface area (Å²) in [6.07, 6.45) is 7.78. The van der Waals surface area contributed by atoms with Gasteiger partial charge in [-0.15, -0.1) is 0 Å². The molecule has 0 saturated carbocycles. The quantitative estimate of drug-likeness (QED) is 0.212. The van der Waals surface area contributed by atoms with Crippen LogP contribution in [0.3, 0.4) is 0 Å². The van der Waals surface area contributed by atoms with Gasteiger partial charge in [-0.2, -0.15) is 9.97 Å². The predicted octanol–water partition coefficient (Wildman–Crippen LogP) is 4.17. The summed E-state index contributed by atoms with van der Waals surface area (Å²) in [6, 6.07) is 17.9. The molecule has 184 valence electrons. The molecule has 0 radical (unpaired) electrons. The number of nitrogen functional groups attached to an aromatic ring is 1. The maximum atomic E-state index is 6.39. The van der Waals surface area contributed by atoms with Gasteiger partial charge >= 0.3 is 0 Å². The Labute approximate surface area is 212 Å². The lowest BCUT2D eigenvalue weighted by atomic mass is 10.1. The van der Waals surface area contributed by atoms with Gasteiger partial charge in [-0.25, -0.2) is 4.98 Å². The largest absolute Gasteiger partial charge is 0.490 e. The number of aromatic nitrogens is 6. The maximum Gasteiger partial charge on any atom is 0.224 e. The van der Waals surface area contributed by atoms with Gasteiger partial charge in [0.2, 0.25) is 5.95 Å². The Hall–Kier alpha value is -4.96. The topological polar surface area (TPSA) is 156 Å². The molecule has 6 aromatic rings. The number of para-hydroxylation sites is 1. The third-order valence-corrected chi connectivity index (χ3v) is 6.10. The van der Waals surface area contributed by atoms with Crippen LogP contribution in [-0.4, -0.2) is 42.6 Å². The molecule has 2 aromatic carbocycles. The molecule has 10 nitrogen and oxygen atoms in total. The molecule has 1 atom stereocenters. The van der Waals surface area contributed by atoms with E-state index in [0.29, 0.717) is 35.8 Å². The van der Waals surface area contributed by atoms with Gasteiger partial charge in [0.1, 0.15) is 17.9 Å². The number of aromatic amines is 2. The van der Waals surface area contributed by atoms with E-state index in [1.54, 1.807) is 18.7 Å². The SMILES string of the molecule is Nc1nc(Nc2cccc(-c3cncc(OC[C@@H](N)Cc4c[nH]c5ccccc45)c3)c2)c2[nH]cnc2n1. The van der Waals surface area contributed by atoms with Crippen molar-refractivity contribution in [1.82, 2.24) is 29.9 Å². The fraction of sp³-hybridized carbons (Fsp3) is 0.111. The summed E-state index contributed by atoms with van der Waals surface area (Å²) in [5, 5.41) is 4.49. The zero-order chi connectivity index (χ0) is 25.2. The van der Waals surface area contributed by atoms with E-state index < -0.39 is 0 Å². The molecule has 4 heterocycles. The first-order chi connectivity index (χ1) is 18.1. The Kier molecular flexibility index (Phi) is 5.83. The summed E-state index contributed by atoms with van der Waals surface area (Å²) >= 11 is 0. The summed E-state index contributed by atoms with van der Waals surface area (Å²) in [5.74, 6) is 1.36. The number of H-pyrrole nitrogens is 2. The molecule has 0 aliphatic carbocycles. The lowest BCUT2D eigenvalue weighted by Gasteiger charge is -2.14. The van der Waals surface area contributed by atoms with E-state index in [1.807, 2.05) is 48.7 Å². The third-order valence-electron chi connectivity index (χ3n) is 6.10. The highest BCUT2D eigenvalue weighted by atomic mass is 16.5. The second-order valence-electron chi connectivity index (χ2n) is 8.78. The first-order valence-electron chi connectivity index (χ1n) is 11.8. The van der Waals surface area contributed by atoms with Crippen molar-refractivity contribution in [3.8, 4) is 16.9 Å². The van der Waals surface area contributed by atoms with Crippen LogP contribution in [0.4, 0.5) is 17.5 Å². The van der Waals surface area contributed by atoms with E-state index in [0.717, 1.165) is 22.3 Å². The highest BCUT2D eigenvalue weighted by molar-refractivity contribution is 5.86. The van der Waals surface area contributed by atoms with Crippen LogP contribution in [0.2, 0.25) is 0 Å². The van der Waals surface area contributed by atoms with Gasteiger partial charge < -0.3 is 31.5 Å². The standard InChI is InChI=1S/C27H25N9O/c28-19(8-18-12-31-23-7-2-1-6-22(18)23)14-37-21-10-17(11-30-13-21)16-4-3-5-20(9-16)34-26-24-25(33-15-32-24)35-27(29)36-26/h1-7,9-13,15,19,31H,8,14,28H2,(H4,29,32,33,34,35,36)/t19-/m0/s1. The van der Waals surface area contributed by atoms with Gasteiger partial charge in [0.15, 0.2) is 11.5 Å². The van der Waals surface area contributed by atoms with Crippen molar-refractivity contribution in [2.75, 3.05) is 17.7 Å². The van der Waals surface area contributed by atoms with Crippen LogP contribution < -0.4 is 21.5 Å². The number of rotatable bonds is 8. The van der Waals surface area contributed by atoms with Crippen LogP contribution in [0.1, 0.15) is 5.56 Å². The van der Waals surface area contributed by atoms with E-state index >= 15 is 0 Å². The van der Waals surface area contributed by atoms with E-state index in [4.69, 9.17) is 16.2 Å². The maximum absolute atomic E-state index is 6.39. The van der Waals surface area contributed by atoms with Crippen molar-refractivity contribution in [2.45, 2.75) is 12.5 Å². The number of hydrogen-bond acceptors (Lipinski definition) is 8. The van der Waals surface area contributed by atoms with Gasteiger partial charge in [-0.05, 0) is 41.8 Å². The highest BCUT2D eigenvalue weighted by Gasteiger charge is 2.12. The van der Waals surface area contributed by atoms with Gasteiger partial charge in [-0.3, -0.25) is 4.98 Å². The number of pyridine rings is 1. The smallest absolute Gasteiger partial charge is 0.224 e. The van der Waals surface area contributed by atoms with E-state index in [1.165, 1.54) is 10.9 Å². The van der Waals surface area contributed by atoms with Crippen LogP contribution in [0.5, 0.6) is 5.75 Å². The molecule has 0 bridgehead atoms. The first kappa shape index (κ1) is 22.5. The van der Waals surface area contributed by atoms with E-state index in [9.17, 15) is 0 Å². The number of imidazole rings is 1. The van der Waals surface area contributed by atoms with E-state index in [-0.39, 0.29) is 12.0 Å². The molecule has 6 rings (SSSR count). The lowest BCUT2D eigenvalue weighted by molar-refractivity contribution is 0.287. The van der Waals surface area contributed by atoms with Crippen molar-refractivity contribution in [3.63, 3.8) is 0 Å². The van der Waals surface area contributed by atoms with Crippen LogP contribution in [0, 0.1) is 0 Å². The Morgan fingerprint density at radius 3 is 2.84 bits per heavy atom. The minimum atomic E-state index is -0.157. The Morgan fingerprint density at radius 2 is 1.89 bits per heavy atom. The van der Waals surface area contributed by atoms with Crippen LogP contribution in [0.25, 0.3) is 33.2 Å². The Morgan fingerprint density at radius 1 is 0.973 bits per heavy atom. The van der Waals surface area contributed by atoms with Gasteiger partial charge in [0, 0.05) is 40.6 Å². The molecule has 10 heteroatoms. The highest BCUT2D eigenvalue weighted by Crippen LogP contribution is 2.28. The summed E-state index contributed by atoms with van der Waals surface area (Å²) < 4.78 is 6.01. The summed E-state index contributed by atoms with van der Waals surface area (Å²) in [4.78, 5) is 23.3. The average Bonchev–Trinajstić information content (AvgIpc) is 3.55. The number of nitrogens with zero attached hydrogens (tertiary/aromatic N) is 4. The zero-order valence-electron chi connectivity index (χ0n) is 19.8. The Balaban J connectivity index is 1.15. The minimum absolute atomic E-state index is 0.148. The number of hydrogen-bond donors (Lipinski definition) is 5. The summed E-state index contributed by atoms with van der Waals surface area (Å²) in [7, 11) is 0. The first-order valence-corrected chi connectivity index (χ1v) is 11.8. The number of benzene rings is 2. The van der Waals surface area contributed by atoms with Gasteiger partial charge in [0.25, 0.3) is 0 Å². The third kappa shape index (κ3) is 4.78. The molecule has 4 aromatic heterocycles. The predicted molar refractivity (Wildman–Crippen MR) is 145 cm³/mol. The van der Waals surface area contributed by atoms with Crippen LogP contribution >= 0.6 is 0 Å². The average molecular weight is 492 g/mol. The molecular formula is C27H25N9O. The second-order valence-corrected chi connectivity index (χ2v) is 8.78. The molecule has 7 N–H and O–H groups in total. The molecule has 0 unspecified atom stereocenters. The molecule has 37 heavy (non-hydrogen) atoms. The van der Waals surface area contributed by atoms with Crippen molar-refractivity contribution >= 4 is 39.5 Å². The molecule has 0 aliphatic rings. The van der Waals surface area contributed by atoms with Gasteiger partial charge in [0.05, 0.1) is 12.5 Å². The van der Waals surface area contributed by atoms with Crippen molar-refractivity contribution in [2.24, 2.45) is 5.73 Å². The lowest BCUT2D eigenvalue weighted by Crippen LogP contribution is -2.30. The number of nitrogens with two attached hydrogens (primary N) is 2. The number of anilines is 3. The summed E-state index contributed by atoms with van der Waals surface area (Å²) in [6.45, 7) is 0.377. The van der Waals surface area contributed by atoms with Crippen LogP contribution in [-0.2, 0) is 6.42 Å². The molecule has 0 aliphatic heterocycles. The summed E-state index contributed by atoms with van der Waals surface area (Å²) in [5.41, 5.74) is 18.4. The number of nitrogens with one attached hydrogen (secondary N) is 3. The molecule has 0 fully saturated rings. The molecule has 0 amide bonds. The fourth-order valence-corrected chi connectivity index (χ4v) is 4.35. The molecule has 0 saturated heterocycles. The molecule has 0 spiro atoms.